The van der Waals surface area contributed by atoms with Gasteiger partial charge >= 0.3 is 5.97 Å². The number of carbonyl (C=O) groups excluding carboxylic acids is 2. The summed E-state index contributed by atoms with van der Waals surface area (Å²) in [5, 5.41) is 6.58. The maximum absolute atomic E-state index is 11.8. The van der Waals surface area contributed by atoms with Gasteiger partial charge in [-0.2, -0.15) is 0 Å². The summed E-state index contributed by atoms with van der Waals surface area (Å²) in [6.45, 7) is 0.339. The zero-order valence-corrected chi connectivity index (χ0v) is 15.3. The molecule has 7 heteroatoms. The summed E-state index contributed by atoms with van der Waals surface area (Å²) in [4.78, 5) is 28.2. The number of cyclic esters (lactones) is 1. The number of pyridine rings is 1. The van der Waals surface area contributed by atoms with Crippen LogP contribution < -0.4 is 10.6 Å². The lowest BCUT2D eigenvalue weighted by Crippen LogP contribution is -2.21. The molecule has 0 spiro atoms. The Balaban J connectivity index is 1.50. The molecule has 5 rings (SSSR count). The molecule has 0 saturated carbocycles. The maximum Gasteiger partial charge on any atom is 0.338 e. The second-order valence-electron chi connectivity index (χ2n) is 6.56. The first kappa shape index (κ1) is 16.6. The van der Waals surface area contributed by atoms with Crippen molar-refractivity contribution in [3.8, 4) is 11.1 Å². The maximum atomic E-state index is 11.8. The fourth-order valence-corrected chi connectivity index (χ4v) is 3.53. The van der Waals surface area contributed by atoms with Gasteiger partial charge in [-0.3, -0.25) is 10.1 Å². The van der Waals surface area contributed by atoms with Crippen LogP contribution in [0.15, 0.2) is 54.2 Å². The predicted molar refractivity (Wildman–Crippen MR) is 108 cm³/mol. The van der Waals surface area contributed by atoms with Crippen molar-refractivity contribution in [2.24, 2.45) is 0 Å². The second-order valence-corrected chi connectivity index (χ2v) is 6.97. The molecular formula is C21H13N3O3S. The van der Waals surface area contributed by atoms with Gasteiger partial charge in [-0.25, -0.2) is 9.78 Å². The molecule has 2 aliphatic heterocycles. The Morgan fingerprint density at radius 1 is 1.00 bits per heavy atom. The van der Waals surface area contributed by atoms with E-state index >= 15 is 0 Å². The zero-order valence-electron chi connectivity index (χ0n) is 14.5. The molecule has 2 aromatic carbocycles. The van der Waals surface area contributed by atoms with Crippen molar-refractivity contribution in [1.29, 1.82) is 0 Å². The highest BCUT2D eigenvalue weighted by molar-refractivity contribution is 7.80. The van der Waals surface area contributed by atoms with Gasteiger partial charge in [0.1, 0.15) is 12.3 Å². The fraction of sp³-hybridized carbons (Fsp3) is 0.0476. The number of nitrogens with one attached hydrogen (secondary N) is 2. The summed E-state index contributed by atoms with van der Waals surface area (Å²) >= 11 is 4.93. The van der Waals surface area contributed by atoms with Gasteiger partial charge in [-0.05, 0) is 53.7 Å². The lowest BCUT2D eigenvalue weighted by molar-refractivity contribution is -0.115. The van der Waals surface area contributed by atoms with Crippen LogP contribution in [-0.2, 0) is 16.1 Å². The first-order valence-corrected chi connectivity index (χ1v) is 9.03. The van der Waals surface area contributed by atoms with Crippen molar-refractivity contribution >= 4 is 46.2 Å². The number of hydrogen-bond donors (Lipinski definition) is 2. The molecule has 1 saturated heterocycles. The van der Waals surface area contributed by atoms with Gasteiger partial charge in [0.2, 0.25) is 0 Å². The van der Waals surface area contributed by atoms with Gasteiger partial charge in [0.05, 0.1) is 16.8 Å². The minimum absolute atomic E-state index is 0.266. The van der Waals surface area contributed by atoms with E-state index in [1.165, 1.54) is 0 Å². The molecule has 0 atom stereocenters. The number of esters is 1. The van der Waals surface area contributed by atoms with Crippen molar-refractivity contribution in [1.82, 2.24) is 15.6 Å². The van der Waals surface area contributed by atoms with E-state index in [4.69, 9.17) is 17.0 Å². The minimum Gasteiger partial charge on any atom is -0.457 e. The van der Waals surface area contributed by atoms with E-state index in [9.17, 15) is 9.59 Å². The second kappa shape index (κ2) is 6.24. The third-order valence-electron chi connectivity index (χ3n) is 4.74. The smallest absolute Gasteiger partial charge is 0.338 e. The van der Waals surface area contributed by atoms with Crippen molar-refractivity contribution in [2.45, 2.75) is 6.61 Å². The molecule has 0 aliphatic carbocycles. The number of aromatic nitrogens is 1. The van der Waals surface area contributed by atoms with Gasteiger partial charge < -0.3 is 10.1 Å². The van der Waals surface area contributed by atoms with Crippen LogP contribution in [0.25, 0.3) is 28.1 Å². The first-order chi connectivity index (χ1) is 13.6. The molecule has 6 nitrogen and oxygen atoms in total. The number of amides is 1. The molecule has 0 unspecified atom stereocenters. The van der Waals surface area contributed by atoms with E-state index < -0.39 is 0 Å². The summed E-state index contributed by atoms with van der Waals surface area (Å²) in [7, 11) is 0. The third kappa shape index (κ3) is 2.82. The molecule has 2 aliphatic rings. The number of carbonyl (C=O) groups is 2. The van der Waals surface area contributed by atoms with Crippen LogP contribution in [0.3, 0.4) is 0 Å². The van der Waals surface area contributed by atoms with E-state index in [-0.39, 0.29) is 11.9 Å². The average molecular weight is 387 g/mol. The van der Waals surface area contributed by atoms with E-state index in [1.54, 1.807) is 6.08 Å². The summed E-state index contributed by atoms with van der Waals surface area (Å²) in [5.74, 6) is -0.543. The Kier molecular flexibility index (Phi) is 3.70. The van der Waals surface area contributed by atoms with Crippen LogP contribution in [0.4, 0.5) is 0 Å². The Hall–Kier alpha value is -3.58. The van der Waals surface area contributed by atoms with Crippen LogP contribution in [0, 0.1) is 0 Å². The molecule has 3 heterocycles. The average Bonchev–Trinajstić information content (AvgIpc) is 3.22. The number of hydrogen-bond acceptors (Lipinski definition) is 5. The van der Waals surface area contributed by atoms with Gasteiger partial charge in [-0.1, -0.05) is 24.3 Å². The number of nitrogens with zero attached hydrogens (tertiary/aromatic N) is 1. The van der Waals surface area contributed by atoms with Crippen LogP contribution in [0.1, 0.15) is 21.6 Å². The van der Waals surface area contributed by atoms with E-state index in [2.05, 4.69) is 15.6 Å². The standard InChI is InChI=1S/C21H13N3O3S/c25-19-18(23-21(28)24-19)9-15-5-3-13-7-11(4-6-17(13)22-15)12-1-2-14-10-27-20(26)16(14)8-12/h1-9H,10H2,(H2,23,24,25,28)/b18-9-. The molecule has 136 valence electrons. The quantitative estimate of drug-likeness (QED) is 0.400. The number of ether oxygens (including phenoxy) is 1. The monoisotopic (exact) mass is 387 g/mol. The van der Waals surface area contributed by atoms with Crippen LogP contribution in [0.2, 0.25) is 0 Å². The molecule has 3 aromatic rings. The molecule has 0 radical (unpaired) electrons. The Morgan fingerprint density at radius 2 is 1.82 bits per heavy atom. The summed E-state index contributed by atoms with van der Waals surface area (Å²) < 4.78 is 5.07. The first-order valence-electron chi connectivity index (χ1n) is 8.62. The SMILES string of the molecule is O=C1NC(=S)N/C1=C\c1ccc2cc(-c3ccc4c(c3)C(=O)OC4)ccc2n1. The van der Waals surface area contributed by atoms with Crippen molar-refractivity contribution in [3.63, 3.8) is 0 Å². The summed E-state index contributed by atoms with van der Waals surface area (Å²) in [6.07, 6.45) is 1.66. The topological polar surface area (TPSA) is 80.3 Å². The fourth-order valence-electron chi connectivity index (χ4n) is 3.32. The molecule has 1 amide bonds. The van der Waals surface area contributed by atoms with Gasteiger partial charge in [0, 0.05) is 10.9 Å². The van der Waals surface area contributed by atoms with Crippen LogP contribution in [0.5, 0.6) is 0 Å². The zero-order chi connectivity index (χ0) is 19.3. The Morgan fingerprint density at radius 3 is 2.64 bits per heavy atom. The molecule has 28 heavy (non-hydrogen) atoms. The number of fused-ring (bicyclic) bond motifs is 2. The highest BCUT2D eigenvalue weighted by Gasteiger charge is 2.22. The number of thiocarbonyl (C=S) groups is 1. The molecular weight excluding hydrogens is 374 g/mol. The largest absolute Gasteiger partial charge is 0.457 e. The minimum atomic E-state index is -0.277. The van der Waals surface area contributed by atoms with Gasteiger partial charge in [0.15, 0.2) is 5.11 Å². The van der Waals surface area contributed by atoms with Crippen LogP contribution in [-0.4, -0.2) is 22.0 Å². The normalized spacial score (nSPS) is 16.9. The summed E-state index contributed by atoms with van der Waals surface area (Å²) in [6, 6.07) is 15.5. The summed E-state index contributed by atoms with van der Waals surface area (Å²) in [5.41, 5.74) is 5.31. The highest BCUT2D eigenvalue weighted by Crippen LogP contribution is 2.29. The molecule has 2 N–H and O–H groups in total. The lowest BCUT2D eigenvalue weighted by Gasteiger charge is -2.06. The van der Waals surface area contributed by atoms with E-state index in [1.807, 2.05) is 48.5 Å². The molecule has 1 fully saturated rings. The van der Waals surface area contributed by atoms with Gasteiger partial charge in [-0.15, -0.1) is 0 Å². The van der Waals surface area contributed by atoms with Crippen LogP contribution >= 0.6 is 12.2 Å². The van der Waals surface area contributed by atoms with Gasteiger partial charge in [0.25, 0.3) is 5.91 Å². The predicted octanol–water partition coefficient (Wildman–Crippen LogP) is 2.92. The van der Waals surface area contributed by atoms with Crippen molar-refractivity contribution < 1.29 is 14.3 Å². The molecule has 0 bridgehead atoms. The number of rotatable bonds is 2. The van der Waals surface area contributed by atoms with Crippen molar-refractivity contribution in [3.05, 3.63) is 71.0 Å². The van der Waals surface area contributed by atoms with Crippen molar-refractivity contribution in [2.75, 3.05) is 0 Å². The van der Waals surface area contributed by atoms with E-state index in [0.717, 1.165) is 27.6 Å². The lowest BCUT2D eigenvalue weighted by atomic mass is 9.99. The Bertz CT molecular complexity index is 1230. The third-order valence-corrected chi connectivity index (χ3v) is 4.95. The highest BCUT2D eigenvalue weighted by atomic mass is 32.1. The number of benzene rings is 2. The van der Waals surface area contributed by atoms with E-state index in [0.29, 0.717) is 28.7 Å². The Labute approximate surface area is 165 Å². The molecule has 1 aromatic heterocycles.